The van der Waals surface area contributed by atoms with Crippen molar-refractivity contribution >= 4 is 28.8 Å². The topological polar surface area (TPSA) is 116 Å². The van der Waals surface area contributed by atoms with Gasteiger partial charge >= 0.3 is 0 Å². The Hall–Kier alpha value is -3.16. The number of rotatable bonds is 10. The molecule has 3 rings (SSSR count). The summed E-state index contributed by atoms with van der Waals surface area (Å²) in [4.78, 5) is 50.7. The molecule has 2 aromatic rings. The van der Waals surface area contributed by atoms with Crippen LogP contribution >= 0.6 is 0 Å². The molecule has 1 amide bonds. The number of hydrogen-bond donors (Lipinski definition) is 3. The van der Waals surface area contributed by atoms with Crippen molar-refractivity contribution in [3.8, 4) is 5.75 Å². The summed E-state index contributed by atoms with van der Waals surface area (Å²) >= 11 is 0. The van der Waals surface area contributed by atoms with Crippen molar-refractivity contribution in [1.82, 2.24) is 4.90 Å². The molecule has 1 aliphatic carbocycles. The van der Waals surface area contributed by atoms with Crippen LogP contribution in [0.2, 0.25) is 0 Å². The van der Waals surface area contributed by atoms with Crippen molar-refractivity contribution in [2.75, 3.05) is 24.7 Å². The first-order chi connectivity index (χ1) is 14.6. The lowest BCUT2D eigenvalue weighted by Crippen LogP contribution is -2.43. The predicted octanol–water partition coefficient (Wildman–Crippen LogP) is 2.63. The smallest absolute Gasteiger partial charge is 0.257 e. The number of aromatic hydroxyl groups is 1. The highest BCUT2D eigenvalue weighted by atomic mass is 16.3. The van der Waals surface area contributed by atoms with E-state index in [0.717, 1.165) is 19.3 Å². The Morgan fingerprint density at radius 2 is 1.77 bits per heavy atom. The Morgan fingerprint density at radius 1 is 1.13 bits per heavy atom. The number of amides is 1. The summed E-state index contributed by atoms with van der Waals surface area (Å²) in [6, 6.07) is 3.95. The van der Waals surface area contributed by atoms with Gasteiger partial charge in [-0.05, 0) is 30.4 Å². The van der Waals surface area contributed by atoms with Gasteiger partial charge in [0.1, 0.15) is 11.4 Å². The number of carbonyl (C=O) groups excluding carboxylic acids is 2. The second-order valence-corrected chi connectivity index (χ2v) is 8.75. The van der Waals surface area contributed by atoms with Gasteiger partial charge in [0.2, 0.25) is 0 Å². The standard InChI is InChI=1S/C23H29N3O5/c1-12(2)17(16(27)11-10-13-8-9-13)25-19-18(21(29)22(19)30)24-15-7-5-6-14(20(15)28)23(31)26(3)4/h5-7,12-13,17,24-25,28H,8-11H2,1-4H3/t17-/m1/s1. The van der Waals surface area contributed by atoms with Crippen LogP contribution in [0.5, 0.6) is 5.75 Å². The maximum absolute atomic E-state index is 12.7. The minimum absolute atomic E-state index is 0.0160. The molecule has 0 spiro atoms. The fourth-order valence-corrected chi connectivity index (χ4v) is 3.52. The van der Waals surface area contributed by atoms with Crippen molar-refractivity contribution in [2.24, 2.45) is 11.8 Å². The van der Waals surface area contributed by atoms with Crippen LogP contribution in [0.25, 0.3) is 0 Å². The highest BCUT2D eigenvalue weighted by Gasteiger charge is 2.30. The molecule has 0 radical (unpaired) electrons. The zero-order valence-electron chi connectivity index (χ0n) is 18.3. The molecule has 8 heteroatoms. The molecule has 0 saturated heterocycles. The molecule has 0 unspecified atom stereocenters. The van der Waals surface area contributed by atoms with E-state index < -0.39 is 22.8 Å². The fraction of sp³-hybridized carbons (Fsp3) is 0.478. The van der Waals surface area contributed by atoms with Gasteiger partial charge in [0, 0.05) is 20.5 Å². The number of nitrogens with one attached hydrogen (secondary N) is 2. The van der Waals surface area contributed by atoms with Crippen molar-refractivity contribution in [1.29, 1.82) is 0 Å². The fourth-order valence-electron chi connectivity index (χ4n) is 3.52. The highest BCUT2D eigenvalue weighted by molar-refractivity contribution is 5.99. The van der Waals surface area contributed by atoms with E-state index in [1.165, 1.54) is 17.0 Å². The molecule has 2 aromatic carbocycles. The Kier molecular flexibility index (Phi) is 6.48. The number of ketones is 1. The lowest BCUT2D eigenvalue weighted by Gasteiger charge is -2.25. The summed E-state index contributed by atoms with van der Waals surface area (Å²) in [5.74, 6) is -0.146. The van der Waals surface area contributed by atoms with Gasteiger partial charge in [0.05, 0.1) is 17.3 Å². The third-order valence-corrected chi connectivity index (χ3v) is 5.65. The van der Waals surface area contributed by atoms with E-state index >= 15 is 0 Å². The summed E-state index contributed by atoms with van der Waals surface area (Å²) in [7, 11) is 3.12. The molecule has 31 heavy (non-hydrogen) atoms. The summed E-state index contributed by atoms with van der Waals surface area (Å²) in [5.41, 5.74) is -1.23. The number of carbonyl (C=O) groups is 2. The number of anilines is 3. The zero-order valence-corrected chi connectivity index (χ0v) is 18.3. The van der Waals surface area contributed by atoms with Crippen molar-refractivity contribution in [3.05, 3.63) is 44.2 Å². The molecule has 1 saturated carbocycles. The second-order valence-electron chi connectivity index (χ2n) is 8.75. The molecule has 0 aromatic heterocycles. The van der Waals surface area contributed by atoms with E-state index in [4.69, 9.17) is 0 Å². The molecular formula is C23H29N3O5. The second kappa shape index (κ2) is 8.91. The van der Waals surface area contributed by atoms with E-state index in [-0.39, 0.29) is 40.1 Å². The number of benzene rings is 1. The molecule has 0 bridgehead atoms. The van der Waals surface area contributed by atoms with Gasteiger partial charge in [-0.2, -0.15) is 0 Å². The molecule has 3 N–H and O–H groups in total. The molecule has 1 aliphatic rings. The third-order valence-electron chi connectivity index (χ3n) is 5.65. The van der Waals surface area contributed by atoms with Gasteiger partial charge in [0.15, 0.2) is 11.5 Å². The van der Waals surface area contributed by atoms with Gasteiger partial charge in [-0.15, -0.1) is 0 Å². The summed E-state index contributed by atoms with van der Waals surface area (Å²) in [6.45, 7) is 3.76. The van der Waals surface area contributed by atoms with E-state index in [2.05, 4.69) is 10.6 Å². The van der Waals surface area contributed by atoms with E-state index in [0.29, 0.717) is 12.3 Å². The number of nitrogens with zero attached hydrogens (tertiary/aromatic N) is 1. The van der Waals surface area contributed by atoms with Crippen LogP contribution in [0.3, 0.4) is 0 Å². The average Bonchev–Trinajstić information content (AvgIpc) is 3.55. The number of phenols is 1. The molecule has 8 nitrogen and oxygen atoms in total. The van der Waals surface area contributed by atoms with Crippen LogP contribution in [-0.2, 0) is 4.79 Å². The van der Waals surface area contributed by atoms with Crippen molar-refractivity contribution in [2.45, 2.75) is 45.6 Å². The average molecular weight is 428 g/mol. The third kappa shape index (κ3) is 4.78. The first-order valence-electron chi connectivity index (χ1n) is 10.5. The minimum Gasteiger partial charge on any atom is -0.505 e. The first-order valence-corrected chi connectivity index (χ1v) is 10.5. The van der Waals surface area contributed by atoms with Crippen LogP contribution in [0.4, 0.5) is 17.1 Å². The Labute approximate surface area is 181 Å². The van der Waals surface area contributed by atoms with Gasteiger partial charge in [-0.25, -0.2) is 0 Å². The van der Waals surface area contributed by atoms with Crippen LogP contribution < -0.4 is 21.5 Å². The van der Waals surface area contributed by atoms with Crippen LogP contribution in [0.15, 0.2) is 27.8 Å². The highest BCUT2D eigenvalue weighted by Crippen LogP contribution is 2.35. The van der Waals surface area contributed by atoms with Crippen LogP contribution in [0.1, 0.15) is 49.9 Å². The molecule has 1 atom stereocenters. The molecular weight excluding hydrogens is 398 g/mol. The maximum atomic E-state index is 12.7. The monoisotopic (exact) mass is 427 g/mol. The van der Waals surface area contributed by atoms with Gasteiger partial charge in [0.25, 0.3) is 16.8 Å². The van der Waals surface area contributed by atoms with E-state index in [1.807, 2.05) is 13.8 Å². The van der Waals surface area contributed by atoms with Crippen molar-refractivity contribution < 1.29 is 14.7 Å². The van der Waals surface area contributed by atoms with Gasteiger partial charge in [-0.1, -0.05) is 32.8 Å². The Balaban J connectivity index is 1.82. The Bertz CT molecular complexity index is 1060. The SMILES string of the molecule is CC(C)[C@@H](Nc1c(Nc2cccc(C(=O)N(C)C)c2O)c(=O)c1=O)C(=O)CCC1CC1. The predicted molar refractivity (Wildman–Crippen MR) is 120 cm³/mol. The van der Waals surface area contributed by atoms with Crippen LogP contribution in [0, 0.1) is 11.8 Å². The van der Waals surface area contributed by atoms with Gasteiger partial charge < -0.3 is 20.6 Å². The van der Waals surface area contributed by atoms with E-state index in [9.17, 15) is 24.3 Å². The van der Waals surface area contributed by atoms with Gasteiger partial charge in [-0.3, -0.25) is 19.2 Å². The first kappa shape index (κ1) is 22.5. The van der Waals surface area contributed by atoms with E-state index in [1.54, 1.807) is 20.2 Å². The summed E-state index contributed by atoms with van der Waals surface area (Å²) in [5, 5.41) is 16.2. The Morgan fingerprint density at radius 3 is 2.35 bits per heavy atom. The molecule has 166 valence electrons. The molecule has 1 fully saturated rings. The minimum atomic E-state index is -0.737. The number of hydrogen-bond acceptors (Lipinski definition) is 7. The number of para-hydroxylation sites is 1. The van der Waals surface area contributed by atoms with Crippen molar-refractivity contribution in [3.63, 3.8) is 0 Å². The summed E-state index contributed by atoms with van der Waals surface area (Å²) < 4.78 is 0. The summed E-state index contributed by atoms with van der Waals surface area (Å²) in [6.07, 6.45) is 3.62. The normalized spacial score (nSPS) is 14.5. The zero-order chi connectivity index (χ0) is 22.9. The van der Waals surface area contributed by atoms with Crippen LogP contribution in [-0.4, -0.2) is 41.8 Å². The largest absolute Gasteiger partial charge is 0.505 e. The molecule has 0 heterocycles. The number of phenolic OH excluding ortho intramolecular Hbond substituents is 1. The lowest BCUT2D eigenvalue weighted by molar-refractivity contribution is -0.120. The number of Topliss-reactive ketones (excluding diaryl/α,β-unsaturated/α-hetero) is 1. The molecule has 0 aliphatic heterocycles. The maximum Gasteiger partial charge on any atom is 0.257 e. The quantitative estimate of drug-likeness (QED) is 0.394. The lowest BCUT2D eigenvalue weighted by atomic mass is 9.95.